The molecule has 0 radical (unpaired) electrons. The molecule has 0 aromatic heterocycles. The molecule has 104 valence electrons. The van der Waals surface area contributed by atoms with E-state index >= 15 is 0 Å². The summed E-state index contributed by atoms with van der Waals surface area (Å²) in [6.07, 6.45) is 0. The van der Waals surface area contributed by atoms with E-state index in [1.807, 2.05) is 37.3 Å². The summed E-state index contributed by atoms with van der Waals surface area (Å²) in [5, 5.41) is 9.45. The molecule has 21 heavy (non-hydrogen) atoms. The molecule has 1 atom stereocenters. The number of aryl methyl sites for hydroxylation is 1. The van der Waals surface area contributed by atoms with Gasteiger partial charge in [-0.3, -0.25) is 0 Å². The van der Waals surface area contributed by atoms with Gasteiger partial charge >= 0.3 is 0 Å². The van der Waals surface area contributed by atoms with Crippen LogP contribution in [0.25, 0.3) is 0 Å². The van der Waals surface area contributed by atoms with Crippen molar-refractivity contribution in [3.63, 3.8) is 0 Å². The van der Waals surface area contributed by atoms with Gasteiger partial charge < -0.3 is 16.2 Å². The fraction of sp³-hybridized carbons (Fsp3) is 0.118. The fourth-order valence-corrected chi connectivity index (χ4v) is 2.66. The normalized spacial score (nSPS) is 16.9. The highest BCUT2D eigenvalue weighted by atomic mass is 16.5. The molecular weight excluding hydrogens is 262 g/mol. The first-order valence-corrected chi connectivity index (χ1v) is 6.63. The van der Waals surface area contributed by atoms with Crippen LogP contribution in [0.2, 0.25) is 0 Å². The number of ether oxygens (including phenoxy) is 1. The van der Waals surface area contributed by atoms with Crippen LogP contribution >= 0.6 is 0 Å². The number of nitrogens with zero attached hydrogens (tertiary/aromatic N) is 1. The lowest BCUT2D eigenvalue weighted by Crippen LogP contribution is -2.21. The zero-order chi connectivity index (χ0) is 15.0. The molecule has 4 nitrogen and oxygen atoms in total. The van der Waals surface area contributed by atoms with Crippen molar-refractivity contribution in [2.24, 2.45) is 5.73 Å². The van der Waals surface area contributed by atoms with Crippen molar-refractivity contribution in [1.29, 1.82) is 5.26 Å². The van der Waals surface area contributed by atoms with E-state index in [-0.39, 0.29) is 11.8 Å². The molecule has 1 aliphatic rings. The second kappa shape index (κ2) is 4.88. The smallest absolute Gasteiger partial charge is 0.205 e. The maximum atomic E-state index is 9.45. The van der Waals surface area contributed by atoms with Crippen LogP contribution in [-0.4, -0.2) is 0 Å². The Morgan fingerprint density at radius 2 is 1.95 bits per heavy atom. The highest BCUT2D eigenvalue weighted by molar-refractivity contribution is 5.59. The van der Waals surface area contributed by atoms with E-state index in [0.717, 1.165) is 16.7 Å². The number of allylic oxidation sites excluding steroid dienone is 1. The summed E-state index contributed by atoms with van der Waals surface area (Å²) < 4.78 is 5.55. The van der Waals surface area contributed by atoms with Gasteiger partial charge in [0.2, 0.25) is 5.88 Å². The maximum absolute atomic E-state index is 9.45. The highest BCUT2D eigenvalue weighted by Gasteiger charge is 2.30. The van der Waals surface area contributed by atoms with Crippen molar-refractivity contribution in [3.8, 4) is 11.8 Å². The summed E-state index contributed by atoms with van der Waals surface area (Å²) in [5.41, 5.74) is 15.8. The third-order valence-electron chi connectivity index (χ3n) is 3.62. The van der Waals surface area contributed by atoms with Gasteiger partial charge in [-0.2, -0.15) is 5.26 Å². The SMILES string of the molecule is Cc1cccc([C@@H]2C(C#N)=C(N)Oc3cc(N)ccc32)c1. The molecule has 0 unspecified atom stereocenters. The molecule has 1 heterocycles. The number of rotatable bonds is 1. The van der Waals surface area contributed by atoms with Crippen LogP contribution in [0.3, 0.4) is 0 Å². The Balaban J connectivity index is 2.24. The average Bonchev–Trinajstić information content (AvgIpc) is 2.45. The Labute approximate surface area is 123 Å². The Morgan fingerprint density at radius 3 is 2.67 bits per heavy atom. The second-order valence-electron chi connectivity index (χ2n) is 5.14. The van der Waals surface area contributed by atoms with Crippen LogP contribution in [-0.2, 0) is 0 Å². The van der Waals surface area contributed by atoms with Gasteiger partial charge in [0, 0.05) is 17.3 Å². The minimum Gasteiger partial charge on any atom is -0.440 e. The van der Waals surface area contributed by atoms with Gasteiger partial charge in [0.25, 0.3) is 0 Å². The quantitative estimate of drug-likeness (QED) is 0.785. The Hall–Kier alpha value is -2.93. The molecule has 4 N–H and O–H groups in total. The minimum atomic E-state index is -0.223. The molecule has 0 saturated heterocycles. The summed E-state index contributed by atoms with van der Waals surface area (Å²) in [6.45, 7) is 2.02. The van der Waals surface area contributed by atoms with E-state index in [9.17, 15) is 5.26 Å². The van der Waals surface area contributed by atoms with E-state index < -0.39 is 0 Å². The molecule has 0 fully saturated rings. The fourth-order valence-electron chi connectivity index (χ4n) is 2.66. The van der Waals surface area contributed by atoms with Crippen molar-refractivity contribution in [1.82, 2.24) is 0 Å². The van der Waals surface area contributed by atoms with Crippen LogP contribution in [0, 0.1) is 18.3 Å². The highest BCUT2D eigenvalue weighted by Crippen LogP contribution is 2.42. The summed E-state index contributed by atoms with van der Waals surface area (Å²) in [5.74, 6) is 0.527. The summed E-state index contributed by atoms with van der Waals surface area (Å²) in [4.78, 5) is 0. The lowest BCUT2D eigenvalue weighted by Gasteiger charge is -2.26. The molecule has 0 amide bonds. The van der Waals surface area contributed by atoms with Gasteiger partial charge in [-0.05, 0) is 18.6 Å². The van der Waals surface area contributed by atoms with Gasteiger partial charge in [-0.1, -0.05) is 35.9 Å². The molecule has 0 bridgehead atoms. The first-order valence-electron chi connectivity index (χ1n) is 6.63. The summed E-state index contributed by atoms with van der Waals surface area (Å²) in [7, 11) is 0. The molecule has 3 rings (SSSR count). The van der Waals surface area contributed by atoms with Gasteiger partial charge in [0.1, 0.15) is 17.4 Å². The summed E-state index contributed by atoms with van der Waals surface area (Å²) in [6, 6.07) is 15.7. The number of hydrogen-bond acceptors (Lipinski definition) is 4. The number of hydrogen-bond donors (Lipinski definition) is 2. The number of anilines is 1. The predicted molar refractivity (Wildman–Crippen MR) is 81.3 cm³/mol. The Kier molecular flexibility index (Phi) is 3.03. The lowest BCUT2D eigenvalue weighted by molar-refractivity contribution is 0.394. The van der Waals surface area contributed by atoms with Crippen molar-refractivity contribution in [2.75, 3.05) is 5.73 Å². The van der Waals surface area contributed by atoms with E-state index in [4.69, 9.17) is 16.2 Å². The predicted octanol–water partition coefficient (Wildman–Crippen LogP) is 2.80. The first-order chi connectivity index (χ1) is 10.1. The molecule has 0 aliphatic carbocycles. The third kappa shape index (κ3) is 2.19. The van der Waals surface area contributed by atoms with Crippen molar-refractivity contribution in [2.45, 2.75) is 12.8 Å². The number of nitriles is 1. The van der Waals surface area contributed by atoms with E-state index in [0.29, 0.717) is 17.0 Å². The standard InChI is InChI=1S/C17H15N3O/c1-10-3-2-4-11(7-10)16-13-6-5-12(19)8-15(13)21-17(20)14(16)9-18/h2-8,16H,19-20H2,1H3/t16-/m0/s1. The van der Waals surface area contributed by atoms with Crippen LogP contribution in [0.15, 0.2) is 53.9 Å². The Morgan fingerprint density at radius 1 is 1.14 bits per heavy atom. The maximum Gasteiger partial charge on any atom is 0.205 e. The van der Waals surface area contributed by atoms with Crippen molar-refractivity contribution >= 4 is 5.69 Å². The van der Waals surface area contributed by atoms with Gasteiger partial charge in [-0.25, -0.2) is 0 Å². The van der Waals surface area contributed by atoms with Crippen molar-refractivity contribution < 1.29 is 4.74 Å². The van der Waals surface area contributed by atoms with E-state index in [1.165, 1.54) is 0 Å². The van der Waals surface area contributed by atoms with E-state index in [1.54, 1.807) is 6.07 Å². The zero-order valence-corrected chi connectivity index (χ0v) is 11.6. The molecule has 4 heteroatoms. The summed E-state index contributed by atoms with van der Waals surface area (Å²) >= 11 is 0. The molecule has 1 aliphatic heterocycles. The second-order valence-corrected chi connectivity index (χ2v) is 5.14. The van der Waals surface area contributed by atoms with Crippen LogP contribution in [0.4, 0.5) is 5.69 Å². The largest absolute Gasteiger partial charge is 0.440 e. The van der Waals surface area contributed by atoms with Crippen LogP contribution < -0.4 is 16.2 Å². The Bertz CT molecular complexity index is 787. The van der Waals surface area contributed by atoms with Gasteiger partial charge in [0.05, 0.1) is 5.92 Å². The zero-order valence-electron chi connectivity index (χ0n) is 11.6. The number of fused-ring (bicyclic) bond motifs is 1. The van der Waals surface area contributed by atoms with Crippen LogP contribution in [0.1, 0.15) is 22.6 Å². The van der Waals surface area contributed by atoms with Gasteiger partial charge in [0.15, 0.2) is 0 Å². The molecule has 2 aromatic carbocycles. The molecular formula is C17H15N3O. The molecule has 2 aromatic rings. The first kappa shape index (κ1) is 13.1. The number of benzene rings is 2. The van der Waals surface area contributed by atoms with E-state index in [2.05, 4.69) is 12.1 Å². The average molecular weight is 277 g/mol. The number of nitrogens with two attached hydrogens (primary N) is 2. The minimum absolute atomic E-state index is 0.141. The topological polar surface area (TPSA) is 85.1 Å². The van der Waals surface area contributed by atoms with Gasteiger partial charge in [-0.15, -0.1) is 0 Å². The number of nitrogen functional groups attached to an aromatic ring is 1. The molecule has 0 saturated carbocycles. The lowest BCUT2D eigenvalue weighted by atomic mass is 9.83. The monoisotopic (exact) mass is 277 g/mol. The van der Waals surface area contributed by atoms with Crippen LogP contribution in [0.5, 0.6) is 5.75 Å². The van der Waals surface area contributed by atoms with Crippen molar-refractivity contribution in [3.05, 3.63) is 70.6 Å². The molecule has 0 spiro atoms. The third-order valence-corrected chi connectivity index (χ3v) is 3.62.